The number of nitrogens with one attached hydrogen (secondary N) is 1. The first-order valence-corrected chi connectivity index (χ1v) is 7.30. The predicted molar refractivity (Wildman–Crippen MR) is 81.7 cm³/mol. The summed E-state index contributed by atoms with van der Waals surface area (Å²) >= 11 is 6.03. The van der Waals surface area contributed by atoms with Crippen LogP contribution in [0.3, 0.4) is 0 Å². The summed E-state index contributed by atoms with van der Waals surface area (Å²) in [6.45, 7) is 4.59. The summed E-state index contributed by atoms with van der Waals surface area (Å²) in [5, 5.41) is 12.5. The van der Waals surface area contributed by atoms with Gasteiger partial charge < -0.3 is 15.3 Å². The Bertz CT molecular complexity index is 562. The lowest BCUT2D eigenvalue weighted by Crippen LogP contribution is -2.47. The van der Waals surface area contributed by atoms with Crippen LogP contribution in [0.25, 0.3) is 0 Å². The van der Waals surface area contributed by atoms with E-state index in [1.165, 1.54) is 0 Å². The van der Waals surface area contributed by atoms with Gasteiger partial charge in [0.1, 0.15) is 0 Å². The molecule has 6 heteroatoms. The zero-order valence-electron chi connectivity index (χ0n) is 12.1. The highest BCUT2D eigenvalue weighted by Gasteiger charge is 2.32. The van der Waals surface area contributed by atoms with Gasteiger partial charge in [0.15, 0.2) is 0 Å². The van der Waals surface area contributed by atoms with Crippen LogP contribution in [-0.2, 0) is 4.79 Å². The number of amides is 2. The first-order chi connectivity index (χ1) is 9.88. The van der Waals surface area contributed by atoms with E-state index in [-0.39, 0.29) is 18.5 Å². The van der Waals surface area contributed by atoms with Crippen LogP contribution in [0.5, 0.6) is 0 Å². The minimum Gasteiger partial charge on any atom is -0.481 e. The molecule has 21 heavy (non-hydrogen) atoms. The van der Waals surface area contributed by atoms with Crippen LogP contribution in [-0.4, -0.2) is 35.1 Å². The lowest BCUT2D eigenvalue weighted by atomic mass is 9.91. The van der Waals surface area contributed by atoms with E-state index < -0.39 is 11.9 Å². The van der Waals surface area contributed by atoms with E-state index in [4.69, 9.17) is 16.7 Å². The van der Waals surface area contributed by atoms with Crippen molar-refractivity contribution in [1.29, 1.82) is 0 Å². The molecule has 1 saturated heterocycles. The second-order valence-electron chi connectivity index (χ2n) is 5.62. The van der Waals surface area contributed by atoms with Crippen LogP contribution in [0.2, 0.25) is 5.02 Å². The molecule has 2 rings (SSSR count). The second-order valence-corrected chi connectivity index (χ2v) is 6.03. The van der Waals surface area contributed by atoms with Crippen molar-refractivity contribution in [3.8, 4) is 0 Å². The van der Waals surface area contributed by atoms with E-state index >= 15 is 0 Å². The van der Waals surface area contributed by atoms with Gasteiger partial charge in [-0.3, -0.25) is 4.79 Å². The number of benzene rings is 1. The Morgan fingerprint density at radius 3 is 2.76 bits per heavy atom. The van der Waals surface area contributed by atoms with Crippen LogP contribution in [0.4, 0.5) is 10.5 Å². The van der Waals surface area contributed by atoms with E-state index in [0.717, 1.165) is 5.56 Å². The molecule has 1 aromatic rings. The fraction of sp³-hybridized carbons (Fsp3) is 0.467. The standard InChI is InChI=1S/C15H19ClN2O3/c1-9-6-11(14(19)20)8-18(7-9)15(21)17-13-5-3-4-12(16)10(13)2/h3-5,9,11H,6-8H2,1-2H3,(H,17,21)(H,19,20). The van der Waals surface area contributed by atoms with Gasteiger partial charge in [-0.1, -0.05) is 24.6 Å². The van der Waals surface area contributed by atoms with Gasteiger partial charge in [-0.2, -0.15) is 0 Å². The Hall–Kier alpha value is -1.75. The highest BCUT2D eigenvalue weighted by molar-refractivity contribution is 6.31. The van der Waals surface area contributed by atoms with Crippen molar-refractivity contribution in [2.75, 3.05) is 18.4 Å². The number of carboxylic acids is 1. The summed E-state index contributed by atoms with van der Waals surface area (Å²) in [6, 6.07) is 5.03. The summed E-state index contributed by atoms with van der Waals surface area (Å²) in [5.74, 6) is -1.18. The summed E-state index contributed by atoms with van der Waals surface area (Å²) < 4.78 is 0. The predicted octanol–water partition coefficient (Wildman–Crippen LogP) is 3.22. The molecule has 0 aliphatic carbocycles. The number of carbonyl (C=O) groups excluding carboxylic acids is 1. The zero-order valence-corrected chi connectivity index (χ0v) is 12.9. The maximum absolute atomic E-state index is 12.3. The topological polar surface area (TPSA) is 69.6 Å². The molecular formula is C15H19ClN2O3. The number of aliphatic carboxylic acids is 1. The highest BCUT2D eigenvalue weighted by Crippen LogP contribution is 2.25. The fourth-order valence-corrected chi connectivity index (χ4v) is 2.81. The highest BCUT2D eigenvalue weighted by atomic mass is 35.5. The van der Waals surface area contributed by atoms with Gasteiger partial charge in [0.2, 0.25) is 0 Å². The maximum atomic E-state index is 12.3. The third kappa shape index (κ3) is 3.67. The second kappa shape index (κ2) is 6.35. The molecule has 2 unspecified atom stereocenters. The Kier molecular flexibility index (Phi) is 4.73. The molecule has 2 atom stereocenters. The lowest BCUT2D eigenvalue weighted by Gasteiger charge is -2.34. The van der Waals surface area contributed by atoms with E-state index in [1.54, 1.807) is 23.1 Å². The van der Waals surface area contributed by atoms with Gasteiger partial charge in [-0.15, -0.1) is 0 Å². The van der Waals surface area contributed by atoms with Crippen molar-refractivity contribution >= 4 is 29.3 Å². The number of nitrogens with zero attached hydrogens (tertiary/aromatic N) is 1. The third-order valence-corrected chi connectivity index (χ3v) is 4.21. The average molecular weight is 311 g/mol. The van der Waals surface area contributed by atoms with E-state index in [9.17, 15) is 9.59 Å². The van der Waals surface area contributed by atoms with E-state index in [1.807, 2.05) is 13.8 Å². The lowest BCUT2D eigenvalue weighted by molar-refractivity contribution is -0.143. The van der Waals surface area contributed by atoms with Crippen molar-refractivity contribution in [3.05, 3.63) is 28.8 Å². The minimum absolute atomic E-state index is 0.172. The number of rotatable bonds is 2. The van der Waals surface area contributed by atoms with Crippen LogP contribution in [0.1, 0.15) is 18.9 Å². The Morgan fingerprint density at radius 1 is 1.38 bits per heavy atom. The smallest absolute Gasteiger partial charge is 0.321 e. The molecule has 0 saturated carbocycles. The monoisotopic (exact) mass is 310 g/mol. The number of hydrogen-bond donors (Lipinski definition) is 2. The first kappa shape index (κ1) is 15.6. The third-order valence-electron chi connectivity index (χ3n) is 3.81. The Morgan fingerprint density at radius 2 is 2.10 bits per heavy atom. The Labute approximate surface area is 128 Å². The largest absolute Gasteiger partial charge is 0.481 e. The van der Waals surface area contributed by atoms with Gasteiger partial charge in [-0.05, 0) is 37.0 Å². The van der Waals surface area contributed by atoms with Crippen molar-refractivity contribution < 1.29 is 14.7 Å². The number of likely N-dealkylation sites (tertiary alicyclic amines) is 1. The number of halogens is 1. The van der Waals surface area contributed by atoms with Gasteiger partial charge in [0.05, 0.1) is 5.92 Å². The van der Waals surface area contributed by atoms with Crippen LogP contribution in [0.15, 0.2) is 18.2 Å². The molecule has 2 amide bonds. The summed E-state index contributed by atoms with van der Waals surface area (Å²) in [7, 11) is 0. The number of carboxylic acid groups (broad SMARTS) is 1. The van der Waals surface area contributed by atoms with E-state index in [2.05, 4.69) is 5.32 Å². The number of urea groups is 1. The maximum Gasteiger partial charge on any atom is 0.321 e. The van der Waals surface area contributed by atoms with Crippen molar-refractivity contribution in [3.63, 3.8) is 0 Å². The number of hydrogen-bond acceptors (Lipinski definition) is 2. The van der Waals surface area contributed by atoms with Crippen LogP contribution >= 0.6 is 11.6 Å². The quantitative estimate of drug-likeness (QED) is 0.881. The van der Waals surface area contributed by atoms with Crippen LogP contribution in [0, 0.1) is 18.8 Å². The zero-order chi connectivity index (χ0) is 15.6. The van der Waals surface area contributed by atoms with Gasteiger partial charge in [0.25, 0.3) is 0 Å². The molecule has 114 valence electrons. The fourth-order valence-electron chi connectivity index (χ4n) is 2.63. The first-order valence-electron chi connectivity index (χ1n) is 6.92. The van der Waals surface area contributed by atoms with Crippen molar-refractivity contribution in [2.45, 2.75) is 20.3 Å². The van der Waals surface area contributed by atoms with Gasteiger partial charge in [-0.25, -0.2) is 4.79 Å². The molecule has 2 N–H and O–H groups in total. The molecule has 0 spiro atoms. The Balaban J connectivity index is 2.09. The molecule has 0 radical (unpaired) electrons. The normalized spacial score (nSPS) is 22.0. The molecule has 5 nitrogen and oxygen atoms in total. The summed E-state index contributed by atoms with van der Waals surface area (Å²) in [4.78, 5) is 25.0. The van der Waals surface area contributed by atoms with Gasteiger partial charge >= 0.3 is 12.0 Å². The van der Waals surface area contributed by atoms with Gasteiger partial charge in [0, 0.05) is 23.8 Å². The molecule has 1 heterocycles. The molecule has 1 aliphatic heterocycles. The summed E-state index contributed by atoms with van der Waals surface area (Å²) in [6.07, 6.45) is 0.606. The number of piperidine rings is 1. The molecule has 1 fully saturated rings. The molecule has 0 aromatic heterocycles. The molecule has 1 aromatic carbocycles. The van der Waals surface area contributed by atoms with E-state index in [0.29, 0.717) is 23.7 Å². The molecular weight excluding hydrogens is 292 g/mol. The summed E-state index contributed by atoms with van der Waals surface area (Å²) in [5.41, 5.74) is 1.45. The number of carbonyl (C=O) groups is 2. The average Bonchev–Trinajstić information content (AvgIpc) is 2.43. The minimum atomic E-state index is -0.849. The van der Waals surface area contributed by atoms with Crippen molar-refractivity contribution in [1.82, 2.24) is 4.90 Å². The van der Waals surface area contributed by atoms with Crippen LogP contribution < -0.4 is 5.32 Å². The number of anilines is 1. The molecule has 0 bridgehead atoms. The SMILES string of the molecule is Cc1c(Cl)cccc1NC(=O)N1CC(C)CC(C(=O)O)C1. The molecule has 1 aliphatic rings. The van der Waals surface area contributed by atoms with Crippen molar-refractivity contribution in [2.24, 2.45) is 11.8 Å².